The van der Waals surface area contributed by atoms with Crippen molar-refractivity contribution in [3.8, 4) is 5.75 Å². The van der Waals surface area contributed by atoms with E-state index in [1.165, 1.54) is 12.1 Å². The first kappa shape index (κ1) is 16.9. The van der Waals surface area contributed by atoms with Gasteiger partial charge in [0.15, 0.2) is 0 Å². The van der Waals surface area contributed by atoms with Gasteiger partial charge in [0.1, 0.15) is 5.75 Å². The minimum Gasteiger partial charge on any atom is -0.406 e. The Morgan fingerprint density at radius 2 is 1.87 bits per heavy atom. The number of hydrogen-bond acceptors (Lipinski definition) is 3. The van der Waals surface area contributed by atoms with Crippen LogP contribution >= 0.6 is 0 Å². The van der Waals surface area contributed by atoms with Crippen LogP contribution in [0.4, 0.5) is 18.9 Å². The van der Waals surface area contributed by atoms with Crippen molar-refractivity contribution in [2.45, 2.75) is 26.6 Å². The van der Waals surface area contributed by atoms with Crippen molar-refractivity contribution < 1.29 is 22.7 Å². The number of nitrogens with zero attached hydrogens (tertiary/aromatic N) is 2. The van der Waals surface area contributed by atoms with E-state index in [1.54, 1.807) is 11.7 Å². The van der Waals surface area contributed by atoms with Crippen molar-refractivity contribution in [3.05, 3.63) is 41.2 Å². The molecular formula is C15H16F3N3O2. The fraction of sp³-hybridized carbons (Fsp3) is 0.333. The number of carbonyl (C=O) groups is 1. The van der Waals surface area contributed by atoms with Gasteiger partial charge in [-0.1, -0.05) is 0 Å². The second-order valence-electron chi connectivity index (χ2n) is 5.07. The number of hydrogen-bond donors (Lipinski definition) is 1. The summed E-state index contributed by atoms with van der Waals surface area (Å²) < 4.78 is 41.7. The van der Waals surface area contributed by atoms with E-state index in [4.69, 9.17) is 0 Å². The highest BCUT2D eigenvalue weighted by molar-refractivity contribution is 5.92. The Bertz CT molecular complexity index is 706. The SMILES string of the molecule is Cc1nn(C)c(C)c1CC(=O)Nc1ccc(OC(F)(F)F)cc1. The Labute approximate surface area is 131 Å². The molecule has 2 rings (SSSR count). The molecule has 23 heavy (non-hydrogen) atoms. The highest BCUT2D eigenvalue weighted by Crippen LogP contribution is 2.24. The average Bonchev–Trinajstić information content (AvgIpc) is 2.66. The molecule has 1 aromatic heterocycles. The van der Waals surface area contributed by atoms with Crippen LogP contribution in [0.25, 0.3) is 0 Å². The Kier molecular flexibility index (Phi) is 4.63. The van der Waals surface area contributed by atoms with Crippen molar-refractivity contribution in [1.82, 2.24) is 9.78 Å². The normalized spacial score (nSPS) is 11.4. The van der Waals surface area contributed by atoms with Crippen LogP contribution in [0.15, 0.2) is 24.3 Å². The summed E-state index contributed by atoms with van der Waals surface area (Å²) in [6, 6.07) is 4.98. The lowest BCUT2D eigenvalue weighted by molar-refractivity contribution is -0.274. The van der Waals surface area contributed by atoms with Crippen molar-refractivity contribution >= 4 is 11.6 Å². The zero-order chi connectivity index (χ0) is 17.2. The molecule has 0 spiro atoms. The monoisotopic (exact) mass is 327 g/mol. The highest BCUT2D eigenvalue weighted by atomic mass is 19.4. The molecule has 124 valence electrons. The predicted molar refractivity (Wildman–Crippen MR) is 78.1 cm³/mol. The number of anilines is 1. The molecule has 0 atom stereocenters. The van der Waals surface area contributed by atoms with Gasteiger partial charge in [-0.15, -0.1) is 13.2 Å². The van der Waals surface area contributed by atoms with Crippen LogP contribution in [-0.2, 0) is 18.3 Å². The number of halogens is 3. The van der Waals surface area contributed by atoms with Crippen LogP contribution in [0.1, 0.15) is 17.0 Å². The fourth-order valence-electron chi connectivity index (χ4n) is 2.18. The van der Waals surface area contributed by atoms with Gasteiger partial charge in [-0.2, -0.15) is 5.10 Å². The Hall–Kier alpha value is -2.51. The second-order valence-corrected chi connectivity index (χ2v) is 5.07. The second kappa shape index (κ2) is 6.31. The molecule has 1 N–H and O–H groups in total. The summed E-state index contributed by atoms with van der Waals surface area (Å²) >= 11 is 0. The molecule has 0 saturated heterocycles. The van der Waals surface area contributed by atoms with Crippen LogP contribution in [0, 0.1) is 13.8 Å². The molecule has 0 unspecified atom stereocenters. The predicted octanol–water partition coefficient (Wildman–Crippen LogP) is 3.12. The van der Waals surface area contributed by atoms with Crippen molar-refractivity contribution in [2.24, 2.45) is 7.05 Å². The molecule has 0 radical (unpaired) electrons. The number of rotatable bonds is 4. The maximum absolute atomic E-state index is 12.1. The van der Waals surface area contributed by atoms with E-state index in [0.717, 1.165) is 29.1 Å². The number of alkyl halides is 3. The molecule has 0 bridgehead atoms. The van der Waals surface area contributed by atoms with Gasteiger partial charge >= 0.3 is 6.36 Å². The molecule has 0 fully saturated rings. The van der Waals surface area contributed by atoms with E-state index < -0.39 is 6.36 Å². The minimum atomic E-state index is -4.74. The molecule has 0 aliphatic heterocycles. The molecule has 0 aliphatic rings. The van der Waals surface area contributed by atoms with Gasteiger partial charge in [0.2, 0.25) is 5.91 Å². The third kappa shape index (κ3) is 4.48. The van der Waals surface area contributed by atoms with E-state index in [-0.39, 0.29) is 18.1 Å². The van der Waals surface area contributed by atoms with Crippen LogP contribution in [0.3, 0.4) is 0 Å². The van der Waals surface area contributed by atoms with Crippen LogP contribution in [0.2, 0.25) is 0 Å². The standard InChI is InChI=1S/C15H16F3N3O2/c1-9-13(10(2)21(3)20-9)8-14(22)19-11-4-6-12(7-5-11)23-15(16,17)18/h4-7H,8H2,1-3H3,(H,19,22). The molecule has 1 heterocycles. The Balaban J connectivity index is 2.00. The first-order valence-electron chi connectivity index (χ1n) is 6.80. The molecule has 1 aromatic carbocycles. The zero-order valence-electron chi connectivity index (χ0n) is 12.9. The van der Waals surface area contributed by atoms with E-state index in [0.29, 0.717) is 5.69 Å². The van der Waals surface area contributed by atoms with Crippen LogP contribution < -0.4 is 10.1 Å². The molecule has 2 aromatic rings. The largest absolute Gasteiger partial charge is 0.573 e. The Morgan fingerprint density at radius 1 is 1.26 bits per heavy atom. The fourth-order valence-corrected chi connectivity index (χ4v) is 2.18. The lowest BCUT2D eigenvalue weighted by Crippen LogP contribution is -2.17. The maximum Gasteiger partial charge on any atom is 0.573 e. The highest BCUT2D eigenvalue weighted by Gasteiger charge is 2.30. The van der Waals surface area contributed by atoms with Crippen molar-refractivity contribution in [3.63, 3.8) is 0 Å². The molecule has 1 amide bonds. The average molecular weight is 327 g/mol. The molecule has 8 heteroatoms. The number of aromatic nitrogens is 2. The molecule has 0 aliphatic carbocycles. The van der Waals surface area contributed by atoms with Gasteiger partial charge in [0, 0.05) is 24.0 Å². The number of amides is 1. The summed E-state index contributed by atoms with van der Waals surface area (Å²) in [5, 5.41) is 6.86. The van der Waals surface area contributed by atoms with Gasteiger partial charge < -0.3 is 10.1 Å². The zero-order valence-corrected chi connectivity index (χ0v) is 12.9. The van der Waals surface area contributed by atoms with E-state index >= 15 is 0 Å². The number of aryl methyl sites for hydroxylation is 2. The van der Waals surface area contributed by atoms with Crippen LogP contribution in [-0.4, -0.2) is 22.1 Å². The van der Waals surface area contributed by atoms with Gasteiger partial charge in [-0.05, 0) is 38.1 Å². The van der Waals surface area contributed by atoms with Crippen molar-refractivity contribution in [1.29, 1.82) is 0 Å². The molecular weight excluding hydrogens is 311 g/mol. The van der Waals surface area contributed by atoms with Gasteiger partial charge in [0.25, 0.3) is 0 Å². The van der Waals surface area contributed by atoms with Gasteiger partial charge in [-0.25, -0.2) is 0 Å². The Morgan fingerprint density at radius 3 is 2.35 bits per heavy atom. The summed E-state index contributed by atoms with van der Waals surface area (Å²) in [5.41, 5.74) is 2.89. The lowest BCUT2D eigenvalue weighted by Gasteiger charge is -2.10. The van der Waals surface area contributed by atoms with E-state index in [2.05, 4.69) is 15.2 Å². The minimum absolute atomic E-state index is 0.145. The summed E-state index contributed by atoms with van der Waals surface area (Å²) in [4.78, 5) is 12.0. The summed E-state index contributed by atoms with van der Waals surface area (Å²) in [7, 11) is 1.79. The topological polar surface area (TPSA) is 56.2 Å². The number of nitrogens with one attached hydrogen (secondary N) is 1. The number of carbonyl (C=O) groups excluding carboxylic acids is 1. The summed E-state index contributed by atoms with van der Waals surface area (Å²) in [6.45, 7) is 3.69. The lowest BCUT2D eigenvalue weighted by atomic mass is 10.1. The van der Waals surface area contributed by atoms with Crippen LogP contribution in [0.5, 0.6) is 5.75 Å². The number of benzene rings is 1. The third-order valence-corrected chi connectivity index (χ3v) is 3.37. The molecule has 5 nitrogen and oxygen atoms in total. The third-order valence-electron chi connectivity index (χ3n) is 3.37. The summed E-state index contributed by atoms with van der Waals surface area (Å²) in [5.74, 6) is -0.608. The van der Waals surface area contributed by atoms with Crippen molar-refractivity contribution in [2.75, 3.05) is 5.32 Å². The quantitative estimate of drug-likeness (QED) is 0.939. The van der Waals surface area contributed by atoms with Gasteiger partial charge in [-0.3, -0.25) is 9.48 Å². The first-order valence-corrected chi connectivity index (χ1v) is 6.80. The smallest absolute Gasteiger partial charge is 0.406 e. The first-order chi connectivity index (χ1) is 10.7. The maximum atomic E-state index is 12.1. The number of ether oxygens (including phenoxy) is 1. The summed E-state index contributed by atoms with van der Waals surface area (Å²) in [6.07, 6.45) is -4.59. The van der Waals surface area contributed by atoms with E-state index in [9.17, 15) is 18.0 Å². The van der Waals surface area contributed by atoms with Gasteiger partial charge in [0.05, 0.1) is 12.1 Å². The van der Waals surface area contributed by atoms with E-state index in [1.807, 2.05) is 13.8 Å². The molecule has 0 saturated carbocycles.